The van der Waals surface area contributed by atoms with Gasteiger partial charge in [0.05, 0.1) is 5.39 Å². The van der Waals surface area contributed by atoms with Gasteiger partial charge in [-0.2, -0.15) is 0 Å². The van der Waals surface area contributed by atoms with Gasteiger partial charge in [-0.25, -0.2) is 4.98 Å². The van der Waals surface area contributed by atoms with Crippen molar-refractivity contribution in [2.75, 3.05) is 0 Å². The van der Waals surface area contributed by atoms with Crippen molar-refractivity contribution < 1.29 is 0 Å². The molecule has 2 aromatic heterocycles. The summed E-state index contributed by atoms with van der Waals surface area (Å²) >= 11 is 5.89. The van der Waals surface area contributed by atoms with E-state index in [1.807, 2.05) is 38.1 Å². The maximum absolute atomic E-state index is 8.35. The smallest absolute Gasteiger partial charge is 0.143 e. The fraction of sp³-hybridized carbons (Fsp3) is 0.143. The van der Waals surface area contributed by atoms with Gasteiger partial charge in [0.25, 0.3) is 0 Å². The van der Waals surface area contributed by atoms with E-state index in [0.717, 1.165) is 28.0 Å². The number of H-pyrrole nitrogens is 1. The van der Waals surface area contributed by atoms with Gasteiger partial charge in [-0.1, -0.05) is 11.6 Å². The standard InChI is InChI=1S/C14H13ClN4/c1-8-9(2)18-14-12(8)13(16)19(7-17-14)11-5-3-10(15)4-6-11/h3-7,16,18H,1-2H3. The van der Waals surface area contributed by atoms with Gasteiger partial charge in [0.15, 0.2) is 0 Å². The van der Waals surface area contributed by atoms with Crippen LogP contribution in [-0.2, 0) is 0 Å². The van der Waals surface area contributed by atoms with Crippen molar-refractivity contribution >= 4 is 22.6 Å². The molecule has 0 spiro atoms. The van der Waals surface area contributed by atoms with Gasteiger partial charge in [0, 0.05) is 16.4 Å². The van der Waals surface area contributed by atoms with Crippen LogP contribution < -0.4 is 5.49 Å². The van der Waals surface area contributed by atoms with E-state index in [4.69, 9.17) is 17.0 Å². The van der Waals surface area contributed by atoms with Crippen LogP contribution in [0.3, 0.4) is 0 Å². The van der Waals surface area contributed by atoms with Gasteiger partial charge in [0.1, 0.15) is 17.5 Å². The lowest BCUT2D eigenvalue weighted by molar-refractivity contribution is 0.908. The van der Waals surface area contributed by atoms with Gasteiger partial charge < -0.3 is 4.98 Å². The van der Waals surface area contributed by atoms with Crippen molar-refractivity contribution in [3.63, 3.8) is 0 Å². The molecule has 0 aliphatic carbocycles. The van der Waals surface area contributed by atoms with Crippen molar-refractivity contribution in [1.29, 1.82) is 5.41 Å². The third kappa shape index (κ3) is 1.85. The molecule has 3 aromatic rings. The van der Waals surface area contributed by atoms with E-state index in [2.05, 4.69) is 9.97 Å². The highest BCUT2D eigenvalue weighted by Gasteiger charge is 2.09. The Kier molecular flexibility index (Phi) is 2.68. The quantitative estimate of drug-likeness (QED) is 0.703. The Morgan fingerprint density at radius 1 is 1.21 bits per heavy atom. The summed E-state index contributed by atoms with van der Waals surface area (Å²) in [6.07, 6.45) is 1.66. The molecule has 1 aromatic carbocycles. The number of rotatable bonds is 1. The number of aromatic amines is 1. The Balaban J connectivity index is 2.31. The van der Waals surface area contributed by atoms with Gasteiger partial charge in [-0.3, -0.25) is 9.98 Å². The molecule has 2 N–H and O–H groups in total. The van der Waals surface area contributed by atoms with Crippen molar-refractivity contribution in [1.82, 2.24) is 14.5 Å². The summed E-state index contributed by atoms with van der Waals surface area (Å²) in [4.78, 5) is 7.57. The average molecular weight is 273 g/mol. The number of hydrogen-bond acceptors (Lipinski definition) is 2. The van der Waals surface area contributed by atoms with Crippen LogP contribution in [0.4, 0.5) is 0 Å². The van der Waals surface area contributed by atoms with Crippen molar-refractivity contribution in [2.45, 2.75) is 13.8 Å². The molecule has 0 radical (unpaired) electrons. The molecule has 0 saturated heterocycles. The summed E-state index contributed by atoms with van der Waals surface area (Å²) in [6.45, 7) is 3.99. The Labute approximate surface area is 115 Å². The van der Waals surface area contributed by atoms with E-state index in [1.54, 1.807) is 10.9 Å². The molecule has 0 bridgehead atoms. The van der Waals surface area contributed by atoms with Gasteiger partial charge in [0.2, 0.25) is 0 Å². The number of nitrogens with zero attached hydrogens (tertiary/aromatic N) is 2. The lowest BCUT2D eigenvalue weighted by Crippen LogP contribution is -2.19. The van der Waals surface area contributed by atoms with Gasteiger partial charge >= 0.3 is 0 Å². The molecule has 0 amide bonds. The fourth-order valence-electron chi connectivity index (χ4n) is 2.18. The van der Waals surface area contributed by atoms with Crippen molar-refractivity contribution in [3.05, 3.63) is 52.4 Å². The lowest BCUT2D eigenvalue weighted by atomic mass is 10.2. The number of aryl methyl sites for hydroxylation is 2. The Morgan fingerprint density at radius 2 is 1.89 bits per heavy atom. The molecule has 3 rings (SSSR count). The van der Waals surface area contributed by atoms with Gasteiger partial charge in [-0.05, 0) is 43.7 Å². The molecular formula is C14H13ClN4. The third-order valence-corrected chi connectivity index (χ3v) is 3.62. The Morgan fingerprint density at radius 3 is 2.58 bits per heavy atom. The minimum absolute atomic E-state index is 0.425. The highest BCUT2D eigenvalue weighted by Crippen LogP contribution is 2.17. The zero-order valence-electron chi connectivity index (χ0n) is 10.7. The summed E-state index contributed by atoms with van der Waals surface area (Å²) in [5.74, 6) is 0. The summed E-state index contributed by atoms with van der Waals surface area (Å²) in [5, 5.41) is 9.89. The predicted molar refractivity (Wildman–Crippen MR) is 75.8 cm³/mol. The Hall–Kier alpha value is -2.07. The first kappa shape index (κ1) is 12.0. The van der Waals surface area contributed by atoms with Crippen LogP contribution in [0.2, 0.25) is 5.02 Å². The van der Waals surface area contributed by atoms with Crippen LogP contribution in [-0.4, -0.2) is 14.5 Å². The number of hydrogen-bond donors (Lipinski definition) is 2. The Bertz CT molecular complexity index is 812. The fourth-order valence-corrected chi connectivity index (χ4v) is 2.30. The molecule has 96 valence electrons. The highest BCUT2D eigenvalue weighted by atomic mass is 35.5. The molecule has 2 heterocycles. The lowest BCUT2D eigenvalue weighted by Gasteiger charge is -2.07. The normalized spacial score (nSPS) is 11.1. The minimum atomic E-state index is 0.425. The molecule has 19 heavy (non-hydrogen) atoms. The molecule has 5 heteroatoms. The highest BCUT2D eigenvalue weighted by molar-refractivity contribution is 6.30. The predicted octanol–water partition coefficient (Wildman–Crippen LogP) is 3.10. The van der Waals surface area contributed by atoms with Crippen LogP contribution in [0.25, 0.3) is 16.7 Å². The summed E-state index contributed by atoms with van der Waals surface area (Å²) in [5.41, 5.74) is 4.17. The summed E-state index contributed by atoms with van der Waals surface area (Å²) in [6, 6.07) is 7.37. The first-order valence-corrected chi connectivity index (χ1v) is 6.33. The zero-order chi connectivity index (χ0) is 13.6. The molecule has 4 nitrogen and oxygen atoms in total. The number of halogens is 1. The second-order valence-corrected chi connectivity index (χ2v) is 4.97. The molecule has 0 aliphatic heterocycles. The van der Waals surface area contributed by atoms with Crippen LogP contribution in [0.5, 0.6) is 0 Å². The first-order chi connectivity index (χ1) is 9.08. The molecular weight excluding hydrogens is 260 g/mol. The average Bonchev–Trinajstić information content (AvgIpc) is 2.68. The van der Waals surface area contributed by atoms with E-state index in [1.165, 1.54) is 0 Å². The number of fused-ring (bicyclic) bond motifs is 1. The number of nitrogens with one attached hydrogen (secondary N) is 2. The van der Waals surface area contributed by atoms with Crippen molar-refractivity contribution in [3.8, 4) is 5.69 Å². The first-order valence-electron chi connectivity index (χ1n) is 5.95. The maximum Gasteiger partial charge on any atom is 0.143 e. The molecule has 0 atom stereocenters. The maximum atomic E-state index is 8.35. The third-order valence-electron chi connectivity index (χ3n) is 3.37. The van der Waals surface area contributed by atoms with Gasteiger partial charge in [-0.15, -0.1) is 0 Å². The van der Waals surface area contributed by atoms with E-state index in [-0.39, 0.29) is 0 Å². The minimum Gasteiger partial charge on any atom is -0.343 e. The number of benzene rings is 1. The second-order valence-electron chi connectivity index (χ2n) is 4.54. The second kappa shape index (κ2) is 4.24. The largest absolute Gasteiger partial charge is 0.343 e. The van der Waals surface area contributed by atoms with E-state index in [9.17, 15) is 0 Å². The SMILES string of the molecule is Cc1[nH]c2ncn(-c3ccc(Cl)cc3)c(=N)c2c1C. The summed E-state index contributed by atoms with van der Waals surface area (Å²) < 4.78 is 1.75. The van der Waals surface area contributed by atoms with E-state index < -0.39 is 0 Å². The summed E-state index contributed by atoms with van der Waals surface area (Å²) in [7, 11) is 0. The van der Waals surface area contributed by atoms with Crippen LogP contribution >= 0.6 is 11.6 Å². The van der Waals surface area contributed by atoms with Crippen LogP contribution in [0.15, 0.2) is 30.6 Å². The van der Waals surface area contributed by atoms with Crippen LogP contribution in [0.1, 0.15) is 11.3 Å². The monoisotopic (exact) mass is 272 g/mol. The topological polar surface area (TPSA) is 57.5 Å². The molecule has 0 fully saturated rings. The van der Waals surface area contributed by atoms with E-state index in [0.29, 0.717) is 10.5 Å². The van der Waals surface area contributed by atoms with Crippen molar-refractivity contribution in [2.24, 2.45) is 0 Å². The van der Waals surface area contributed by atoms with Crippen LogP contribution in [0, 0.1) is 19.3 Å². The molecule has 0 saturated carbocycles. The molecule has 0 aliphatic rings. The van der Waals surface area contributed by atoms with E-state index >= 15 is 0 Å². The zero-order valence-corrected chi connectivity index (χ0v) is 11.4. The molecule has 0 unspecified atom stereocenters. The number of aromatic nitrogens is 3.